The van der Waals surface area contributed by atoms with Crippen LogP contribution in [0.15, 0.2) is 23.3 Å². The SMILES string of the molecule is Cc1ccc(C#N)cc1C#CCN=[N+]=[N-]. The topological polar surface area (TPSA) is 72.5 Å². The molecule has 4 heteroatoms. The molecule has 4 nitrogen and oxygen atoms in total. The molecule has 0 amide bonds. The lowest BCUT2D eigenvalue weighted by atomic mass is 10.1. The number of nitriles is 1. The van der Waals surface area contributed by atoms with Gasteiger partial charge in [0.05, 0.1) is 18.2 Å². The van der Waals surface area contributed by atoms with Crippen molar-refractivity contribution >= 4 is 0 Å². The molecular formula is C11H8N4. The number of benzene rings is 1. The van der Waals surface area contributed by atoms with Crippen molar-refractivity contribution in [2.24, 2.45) is 5.11 Å². The van der Waals surface area contributed by atoms with Crippen LogP contribution in [0.2, 0.25) is 0 Å². The van der Waals surface area contributed by atoms with Crippen molar-refractivity contribution in [1.82, 2.24) is 0 Å². The predicted molar refractivity (Wildman–Crippen MR) is 56.8 cm³/mol. The number of hydrogen-bond donors (Lipinski definition) is 0. The van der Waals surface area contributed by atoms with Crippen LogP contribution in [-0.2, 0) is 0 Å². The quantitative estimate of drug-likeness (QED) is 0.294. The van der Waals surface area contributed by atoms with Gasteiger partial charge in [0.2, 0.25) is 0 Å². The van der Waals surface area contributed by atoms with Crippen LogP contribution >= 0.6 is 0 Å². The molecule has 0 saturated carbocycles. The van der Waals surface area contributed by atoms with Gasteiger partial charge in [0.25, 0.3) is 0 Å². The Labute approximate surface area is 87.8 Å². The third-order valence-corrected chi connectivity index (χ3v) is 1.80. The van der Waals surface area contributed by atoms with E-state index in [0.717, 1.165) is 11.1 Å². The zero-order valence-corrected chi connectivity index (χ0v) is 8.23. The van der Waals surface area contributed by atoms with Crippen LogP contribution < -0.4 is 0 Å². The fourth-order valence-electron chi connectivity index (χ4n) is 1.03. The number of aryl methyl sites for hydroxylation is 1. The lowest BCUT2D eigenvalue weighted by Crippen LogP contribution is -1.84. The summed E-state index contributed by atoms with van der Waals surface area (Å²) in [5.41, 5.74) is 10.4. The van der Waals surface area contributed by atoms with Gasteiger partial charge in [-0.05, 0) is 30.2 Å². The second kappa shape index (κ2) is 5.34. The smallest absolute Gasteiger partial charge is 0.0992 e. The summed E-state index contributed by atoms with van der Waals surface area (Å²) in [7, 11) is 0. The maximum absolute atomic E-state index is 8.70. The Morgan fingerprint density at radius 2 is 2.33 bits per heavy atom. The molecule has 72 valence electrons. The summed E-state index contributed by atoms with van der Waals surface area (Å²) in [5, 5.41) is 12.0. The highest BCUT2D eigenvalue weighted by molar-refractivity contribution is 5.46. The molecule has 0 bridgehead atoms. The molecule has 0 aliphatic rings. The van der Waals surface area contributed by atoms with Crippen LogP contribution in [0, 0.1) is 30.1 Å². The van der Waals surface area contributed by atoms with Gasteiger partial charge in [-0.15, -0.1) is 0 Å². The minimum atomic E-state index is 0.146. The van der Waals surface area contributed by atoms with Crippen molar-refractivity contribution in [1.29, 1.82) is 5.26 Å². The Morgan fingerprint density at radius 1 is 1.53 bits per heavy atom. The highest BCUT2D eigenvalue weighted by Gasteiger charge is 1.96. The maximum Gasteiger partial charge on any atom is 0.0992 e. The zero-order valence-electron chi connectivity index (χ0n) is 8.23. The normalized spacial score (nSPS) is 8.00. The van der Waals surface area contributed by atoms with Crippen LogP contribution in [0.1, 0.15) is 16.7 Å². The summed E-state index contributed by atoms with van der Waals surface area (Å²) in [6.07, 6.45) is 0. The van der Waals surface area contributed by atoms with E-state index in [-0.39, 0.29) is 6.54 Å². The Kier molecular flexibility index (Phi) is 3.79. The first-order chi connectivity index (χ1) is 7.27. The van der Waals surface area contributed by atoms with Gasteiger partial charge in [0.1, 0.15) is 0 Å². The van der Waals surface area contributed by atoms with Crippen molar-refractivity contribution < 1.29 is 0 Å². The molecule has 1 aromatic rings. The van der Waals surface area contributed by atoms with E-state index >= 15 is 0 Å². The fraction of sp³-hybridized carbons (Fsp3) is 0.182. The average Bonchev–Trinajstić information content (AvgIpc) is 2.26. The summed E-state index contributed by atoms with van der Waals surface area (Å²) in [6.45, 7) is 2.06. The van der Waals surface area contributed by atoms with E-state index in [9.17, 15) is 0 Å². The molecule has 0 unspecified atom stereocenters. The van der Waals surface area contributed by atoms with Gasteiger partial charge >= 0.3 is 0 Å². The van der Waals surface area contributed by atoms with Gasteiger partial charge in [-0.3, -0.25) is 0 Å². The standard InChI is InChI=1S/C11H8N4/c1-9-4-5-10(8-12)7-11(9)3-2-6-14-15-13/h4-5,7H,6H2,1H3. The van der Waals surface area contributed by atoms with Crippen LogP contribution in [0.3, 0.4) is 0 Å². The van der Waals surface area contributed by atoms with Crippen molar-refractivity contribution in [3.05, 3.63) is 45.3 Å². The maximum atomic E-state index is 8.70. The molecule has 0 radical (unpaired) electrons. The van der Waals surface area contributed by atoms with Crippen molar-refractivity contribution in [2.45, 2.75) is 6.92 Å². The fourth-order valence-corrected chi connectivity index (χ4v) is 1.03. The molecule has 0 N–H and O–H groups in total. The Morgan fingerprint density at radius 3 is 3.00 bits per heavy atom. The molecule has 0 spiro atoms. The van der Waals surface area contributed by atoms with Crippen molar-refractivity contribution in [3.8, 4) is 17.9 Å². The third-order valence-electron chi connectivity index (χ3n) is 1.80. The van der Waals surface area contributed by atoms with E-state index in [2.05, 4.69) is 21.9 Å². The molecule has 0 fully saturated rings. The largest absolute Gasteiger partial charge is 0.192 e. The molecule has 0 heterocycles. The Balaban J connectivity index is 2.97. The van der Waals surface area contributed by atoms with E-state index in [1.54, 1.807) is 12.1 Å². The number of rotatable bonds is 1. The van der Waals surface area contributed by atoms with E-state index in [4.69, 9.17) is 10.8 Å². The average molecular weight is 196 g/mol. The van der Waals surface area contributed by atoms with Gasteiger partial charge in [-0.2, -0.15) is 5.26 Å². The first kappa shape index (κ1) is 10.7. The van der Waals surface area contributed by atoms with Crippen LogP contribution in [0.25, 0.3) is 10.4 Å². The summed E-state index contributed by atoms with van der Waals surface area (Å²) in [5.74, 6) is 5.57. The molecule has 15 heavy (non-hydrogen) atoms. The summed E-state index contributed by atoms with van der Waals surface area (Å²) < 4.78 is 0. The zero-order chi connectivity index (χ0) is 11.1. The first-order valence-electron chi connectivity index (χ1n) is 4.28. The van der Waals surface area contributed by atoms with Crippen LogP contribution in [0.4, 0.5) is 0 Å². The molecule has 1 aromatic carbocycles. The van der Waals surface area contributed by atoms with Crippen LogP contribution in [0.5, 0.6) is 0 Å². The lowest BCUT2D eigenvalue weighted by molar-refractivity contribution is 1.25. The van der Waals surface area contributed by atoms with Crippen molar-refractivity contribution in [3.63, 3.8) is 0 Å². The lowest BCUT2D eigenvalue weighted by Gasteiger charge is -1.97. The highest BCUT2D eigenvalue weighted by atomic mass is 15.1. The molecule has 0 aliphatic heterocycles. The third kappa shape index (κ3) is 3.08. The number of azide groups is 1. The van der Waals surface area contributed by atoms with Crippen LogP contribution in [-0.4, -0.2) is 6.54 Å². The van der Waals surface area contributed by atoms with Crippen molar-refractivity contribution in [2.75, 3.05) is 6.54 Å². The van der Waals surface area contributed by atoms with Gasteiger partial charge < -0.3 is 0 Å². The highest BCUT2D eigenvalue weighted by Crippen LogP contribution is 2.08. The minimum absolute atomic E-state index is 0.146. The predicted octanol–water partition coefficient (Wildman–Crippen LogP) is 2.53. The van der Waals surface area contributed by atoms with Gasteiger partial charge in [0.15, 0.2) is 0 Å². The molecule has 0 atom stereocenters. The summed E-state index contributed by atoms with van der Waals surface area (Å²) in [6, 6.07) is 7.35. The second-order valence-electron chi connectivity index (χ2n) is 2.83. The molecule has 0 aromatic heterocycles. The van der Waals surface area contributed by atoms with Gasteiger partial charge in [0, 0.05) is 10.5 Å². The number of hydrogen-bond acceptors (Lipinski definition) is 2. The van der Waals surface area contributed by atoms with E-state index < -0.39 is 0 Å². The minimum Gasteiger partial charge on any atom is -0.192 e. The second-order valence-corrected chi connectivity index (χ2v) is 2.83. The van der Waals surface area contributed by atoms with Gasteiger partial charge in [-0.25, -0.2) is 0 Å². The Hall–Kier alpha value is -2.42. The molecular weight excluding hydrogens is 188 g/mol. The molecule has 1 rings (SSSR count). The summed E-state index contributed by atoms with van der Waals surface area (Å²) >= 11 is 0. The molecule has 0 saturated heterocycles. The van der Waals surface area contributed by atoms with E-state index in [1.165, 1.54) is 0 Å². The van der Waals surface area contributed by atoms with Gasteiger partial charge in [-0.1, -0.05) is 23.0 Å². The monoisotopic (exact) mass is 196 g/mol. The van der Waals surface area contributed by atoms with E-state index in [1.807, 2.05) is 19.1 Å². The number of nitrogens with zero attached hydrogens (tertiary/aromatic N) is 4. The first-order valence-corrected chi connectivity index (χ1v) is 4.28. The molecule has 0 aliphatic carbocycles. The Bertz CT molecular complexity index is 508. The summed E-state index contributed by atoms with van der Waals surface area (Å²) in [4.78, 5) is 2.59. The van der Waals surface area contributed by atoms with E-state index in [0.29, 0.717) is 5.56 Å².